The Hall–Kier alpha value is -2.08. The Labute approximate surface area is 152 Å². The highest BCUT2D eigenvalue weighted by molar-refractivity contribution is 6.30. The number of amides is 2. The average Bonchev–Trinajstić information content (AvgIpc) is 2.60. The molecule has 0 radical (unpaired) electrons. The van der Waals surface area contributed by atoms with Crippen molar-refractivity contribution in [2.24, 2.45) is 5.92 Å². The van der Waals surface area contributed by atoms with Crippen LogP contribution in [0.1, 0.15) is 37.0 Å². The van der Waals surface area contributed by atoms with E-state index in [1.165, 1.54) is 7.11 Å². The van der Waals surface area contributed by atoms with E-state index < -0.39 is 11.5 Å². The summed E-state index contributed by atoms with van der Waals surface area (Å²) < 4.78 is 4.69. The number of rotatable bonds is 4. The zero-order valence-electron chi connectivity index (χ0n) is 14.7. The van der Waals surface area contributed by atoms with Gasteiger partial charge in [-0.05, 0) is 51.0 Å². The highest BCUT2D eigenvalue weighted by Crippen LogP contribution is 2.21. The van der Waals surface area contributed by atoms with Gasteiger partial charge < -0.3 is 15.0 Å². The minimum atomic E-state index is -1.07. The third kappa shape index (κ3) is 4.72. The van der Waals surface area contributed by atoms with E-state index >= 15 is 0 Å². The smallest absolute Gasteiger partial charge is 0.330 e. The number of halogens is 1. The highest BCUT2D eigenvalue weighted by atomic mass is 35.5. The standard InChI is InChI=1S/C18H23ClN2O4/c1-18(2,17(24)25-3)20-15(22)12-8-10-21(11-9-12)16(23)13-4-6-14(19)7-5-13/h4-7,12H,8-11H2,1-3H3,(H,20,22). The molecule has 136 valence electrons. The van der Waals surface area contributed by atoms with Gasteiger partial charge >= 0.3 is 5.97 Å². The summed E-state index contributed by atoms with van der Waals surface area (Å²) in [6, 6.07) is 6.76. The zero-order chi connectivity index (χ0) is 18.6. The first-order valence-corrected chi connectivity index (χ1v) is 8.57. The van der Waals surface area contributed by atoms with Crippen LogP contribution in [-0.2, 0) is 14.3 Å². The van der Waals surface area contributed by atoms with Crippen molar-refractivity contribution in [3.05, 3.63) is 34.9 Å². The Bertz CT molecular complexity index is 650. The molecule has 1 aliphatic heterocycles. The van der Waals surface area contributed by atoms with Gasteiger partial charge in [-0.3, -0.25) is 9.59 Å². The summed E-state index contributed by atoms with van der Waals surface area (Å²) in [6.07, 6.45) is 1.12. The number of carbonyl (C=O) groups excluding carboxylic acids is 3. The predicted molar refractivity (Wildman–Crippen MR) is 94.3 cm³/mol. The maximum Gasteiger partial charge on any atom is 0.330 e. The van der Waals surface area contributed by atoms with E-state index in [1.54, 1.807) is 43.0 Å². The number of methoxy groups -OCH3 is 1. The number of nitrogens with zero attached hydrogens (tertiary/aromatic N) is 1. The first-order chi connectivity index (χ1) is 11.7. The number of piperidine rings is 1. The summed E-state index contributed by atoms with van der Waals surface area (Å²) in [5.41, 5.74) is -0.485. The molecule has 0 atom stereocenters. The second-order valence-corrected chi connectivity index (χ2v) is 7.12. The molecule has 1 fully saturated rings. The molecule has 0 aromatic heterocycles. The molecule has 2 amide bonds. The Morgan fingerprint density at radius 3 is 2.24 bits per heavy atom. The van der Waals surface area contributed by atoms with E-state index in [0.717, 1.165) is 0 Å². The Balaban J connectivity index is 1.90. The molecule has 0 aliphatic carbocycles. The fourth-order valence-electron chi connectivity index (χ4n) is 2.84. The molecule has 25 heavy (non-hydrogen) atoms. The van der Waals surface area contributed by atoms with Crippen molar-refractivity contribution in [2.75, 3.05) is 20.2 Å². The van der Waals surface area contributed by atoms with E-state index in [4.69, 9.17) is 16.3 Å². The van der Waals surface area contributed by atoms with E-state index in [-0.39, 0.29) is 17.7 Å². The van der Waals surface area contributed by atoms with Gasteiger partial charge in [-0.2, -0.15) is 0 Å². The number of nitrogens with one attached hydrogen (secondary N) is 1. The van der Waals surface area contributed by atoms with Crippen molar-refractivity contribution < 1.29 is 19.1 Å². The fraction of sp³-hybridized carbons (Fsp3) is 0.500. The second-order valence-electron chi connectivity index (χ2n) is 6.68. The summed E-state index contributed by atoms with van der Waals surface area (Å²) in [4.78, 5) is 38.3. The van der Waals surface area contributed by atoms with Crippen LogP contribution in [0.4, 0.5) is 0 Å². The molecular weight excluding hydrogens is 344 g/mol. The fourth-order valence-corrected chi connectivity index (χ4v) is 2.96. The van der Waals surface area contributed by atoms with E-state index in [1.807, 2.05) is 0 Å². The van der Waals surface area contributed by atoms with Crippen LogP contribution in [0.5, 0.6) is 0 Å². The topological polar surface area (TPSA) is 75.7 Å². The molecule has 1 saturated heterocycles. The molecule has 1 aliphatic rings. The van der Waals surface area contributed by atoms with Gasteiger partial charge in [-0.15, -0.1) is 0 Å². The monoisotopic (exact) mass is 366 g/mol. The third-order valence-electron chi connectivity index (χ3n) is 4.38. The van der Waals surface area contributed by atoms with Gasteiger partial charge in [-0.25, -0.2) is 4.79 Å². The third-order valence-corrected chi connectivity index (χ3v) is 4.63. The molecule has 7 heteroatoms. The molecule has 1 heterocycles. The molecule has 2 rings (SSSR count). The van der Waals surface area contributed by atoms with Crippen LogP contribution >= 0.6 is 11.6 Å². The molecule has 0 saturated carbocycles. The number of hydrogen-bond donors (Lipinski definition) is 1. The van der Waals surface area contributed by atoms with Crippen molar-refractivity contribution >= 4 is 29.4 Å². The van der Waals surface area contributed by atoms with E-state index in [0.29, 0.717) is 36.5 Å². The number of likely N-dealkylation sites (tertiary alicyclic amines) is 1. The molecule has 0 unspecified atom stereocenters. The summed E-state index contributed by atoms with van der Waals surface area (Å²) in [6.45, 7) is 4.21. The lowest BCUT2D eigenvalue weighted by atomic mass is 9.93. The van der Waals surface area contributed by atoms with Crippen molar-refractivity contribution in [2.45, 2.75) is 32.2 Å². The zero-order valence-corrected chi connectivity index (χ0v) is 15.4. The van der Waals surface area contributed by atoms with Crippen LogP contribution in [-0.4, -0.2) is 48.4 Å². The lowest BCUT2D eigenvalue weighted by Crippen LogP contribution is -2.53. The number of benzene rings is 1. The Morgan fingerprint density at radius 2 is 1.72 bits per heavy atom. The van der Waals surface area contributed by atoms with Gasteiger partial charge in [0.25, 0.3) is 5.91 Å². The van der Waals surface area contributed by atoms with Gasteiger partial charge in [0.05, 0.1) is 7.11 Å². The molecule has 1 N–H and O–H groups in total. The van der Waals surface area contributed by atoms with Crippen LogP contribution in [0.15, 0.2) is 24.3 Å². The summed E-state index contributed by atoms with van der Waals surface area (Å²) in [5, 5.41) is 3.31. The Kier molecular flexibility index (Phi) is 6.06. The Morgan fingerprint density at radius 1 is 1.16 bits per heavy atom. The van der Waals surface area contributed by atoms with Crippen LogP contribution in [0.3, 0.4) is 0 Å². The number of hydrogen-bond acceptors (Lipinski definition) is 4. The van der Waals surface area contributed by atoms with Crippen LogP contribution in [0, 0.1) is 5.92 Å². The second kappa shape index (κ2) is 7.87. The van der Waals surface area contributed by atoms with Gasteiger partial charge in [-0.1, -0.05) is 11.6 Å². The molecule has 0 spiro atoms. The molecule has 0 bridgehead atoms. The molecule has 1 aromatic rings. The number of carbonyl (C=O) groups is 3. The molecule has 6 nitrogen and oxygen atoms in total. The first-order valence-electron chi connectivity index (χ1n) is 8.20. The number of esters is 1. The van der Waals surface area contributed by atoms with Crippen LogP contribution < -0.4 is 5.32 Å². The summed E-state index contributed by atoms with van der Waals surface area (Å²) in [7, 11) is 1.29. The minimum absolute atomic E-state index is 0.0644. The summed E-state index contributed by atoms with van der Waals surface area (Å²) >= 11 is 5.84. The van der Waals surface area contributed by atoms with Crippen LogP contribution in [0.25, 0.3) is 0 Å². The quantitative estimate of drug-likeness (QED) is 0.829. The van der Waals surface area contributed by atoms with Gasteiger partial charge in [0, 0.05) is 29.6 Å². The van der Waals surface area contributed by atoms with Gasteiger partial charge in [0.2, 0.25) is 5.91 Å². The largest absolute Gasteiger partial charge is 0.467 e. The minimum Gasteiger partial charge on any atom is -0.467 e. The molecular formula is C18H23ClN2O4. The average molecular weight is 367 g/mol. The summed E-state index contributed by atoms with van der Waals surface area (Å²) in [5.74, 6) is -0.964. The first kappa shape index (κ1) is 19.2. The van der Waals surface area contributed by atoms with Crippen LogP contribution in [0.2, 0.25) is 5.02 Å². The lowest BCUT2D eigenvalue weighted by molar-refractivity contribution is -0.150. The van der Waals surface area contributed by atoms with Crippen molar-refractivity contribution in [1.29, 1.82) is 0 Å². The normalized spacial score (nSPS) is 15.6. The molecule has 1 aromatic carbocycles. The lowest BCUT2D eigenvalue weighted by Gasteiger charge is -2.33. The maximum absolute atomic E-state index is 12.5. The van der Waals surface area contributed by atoms with Crippen molar-refractivity contribution in [3.63, 3.8) is 0 Å². The predicted octanol–water partition coefficient (Wildman–Crippen LogP) is 2.26. The maximum atomic E-state index is 12.5. The van der Waals surface area contributed by atoms with E-state index in [9.17, 15) is 14.4 Å². The van der Waals surface area contributed by atoms with Gasteiger partial charge in [0.15, 0.2) is 0 Å². The van der Waals surface area contributed by atoms with Crippen molar-refractivity contribution in [1.82, 2.24) is 10.2 Å². The SMILES string of the molecule is COC(=O)C(C)(C)NC(=O)C1CCN(C(=O)c2ccc(Cl)cc2)CC1. The van der Waals surface area contributed by atoms with Crippen molar-refractivity contribution in [3.8, 4) is 0 Å². The van der Waals surface area contributed by atoms with Gasteiger partial charge in [0.1, 0.15) is 5.54 Å². The van der Waals surface area contributed by atoms with E-state index in [2.05, 4.69) is 5.32 Å². The number of ether oxygens (including phenoxy) is 1. The highest BCUT2D eigenvalue weighted by Gasteiger charge is 2.34.